The summed E-state index contributed by atoms with van der Waals surface area (Å²) in [5.74, 6) is 0.496. The Hall–Kier alpha value is -2.04. The van der Waals surface area contributed by atoms with E-state index in [0.717, 1.165) is 5.56 Å². The van der Waals surface area contributed by atoms with Crippen LogP contribution in [0.5, 0.6) is 5.75 Å². The van der Waals surface area contributed by atoms with Crippen LogP contribution in [0.15, 0.2) is 22.4 Å². The molecule has 0 aliphatic carbocycles. The number of hydrogen-bond acceptors (Lipinski definition) is 5. The fourth-order valence-corrected chi connectivity index (χ4v) is 1.38. The first-order valence-electron chi connectivity index (χ1n) is 4.26. The molecular weight excluding hydrogens is 196 g/mol. The first kappa shape index (κ1) is 11.0. The molecule has 0 aliphatic heterocycles. The SMILES string of the molecule is COc1c(C=NO)cc(C)cc1C=NO. The van der Waals surface area contributed by atoms with E-state index in [1.54, 1.807) is 12.1 Å². The van der Waals surface area contributed by atoms with Crippen molar-refractivity contribution in [3.63, 3.8) is 0 Å². The van der Waals surface area contributed by atoms with Crippen molar-refractivity contribution in [1.29, 1.82) is 0 Å². The van der Waals surface area contributed by atoms with Crippen LogP contribution in [-0.4, -0.2) is 30.0 Å². The van der Waals surface area contributed by atoms with Crippen LogP contribution in [0.3, 0.4) is 0 Å². The first-order chi connectivity index (χ1) is 7.22. The van der Waals surface area contributed by atoms with E-state index in [1.807, 2.05) is 6.92 Å². The van der Waals surface area contributed by atoms with E-state index >= 15 is 0 Å². The van der Waals surface area contributed by atoms with Crippen molar-refractivity contribution in [3.8, 4) is 5.75 Å². The van der Waals surface area contributed by atoms with Crippen molar-refractivity contribution in [2.75, 3.05) is 7.11 Å². The van der Waals surface area contributed by atoms with Gasteiger partial charge in [0.2, 0.25) is 0 Å². The lowest BCUT2D eigenvalue weighted by atomic mass is 10.1. The van der Waals surface area contributed by atoms with Gasteiger partial charge in [-0.05, 0) is 24.6 Å². The molecule has 0 amide bonds. The van der Waals surface area contributed by atoms with Crippen molar-refractivity contribution in [2.24, 2.45) is 10.3 Å². The number of aryl methyl sites for hydroxylation is 1. The van der Waals surface area contributed by atoms with Gasteiger partial charge in [-0.25, -0.2) is 0 Å². The molecule has 0 bridgehead atoms. The third-order valence-corrected chi connectivity index (χ3v) is 1.89. The highest BCUT2D eigenvalue weighted by atomic mass is 16.5. The van der Waals surface area contributed by atoms with Gasteiger partial charge in [-0.2, -0.15) is 0 Å². The van der Waals surface area contributed by atoms with E-state index in [-0.39, 0.29) is 0 Å². The molecule has 0 saturated carbocycles. The van der Waals surface area contributed by atoms with Crippen LogP contribution >= 0.6 is 0 Å². The Morgan fingerprint density at radius 2 is 1.60 bits per heavy atom. The van der Waals surface area contributed by atoms with E-state index < -0.39 is 0 Å². The molecule has 5 heteroatoms. The van der Waals surface area contributed by atoms with Crippen LogP contribution in [0, 0.1) is 6.92 Å². The zero-order valence-electron chi connectivity index (χ0n) is 8.51. The Bertz CT molecular complexity index is 367. The molecule has 0 radical (unpaired) electrons. The first-order valence-corrected chi connectivity index (χ1v) is 4.26. The molecule has 5 nitrogen and oxygen atoms in total. The van der Waals surface area contributed by atoms with Gasteiger partial charge in [0, 0.05) is 11.1 Å². The van der Waals surface area contributed by atoms with Gasteiger partial charge in [0.05, 0.1) is 19.5 Å². The lowest BCUT2D eigenvalue weighted by molar-refractivity contribution is 0.321. The second-order valence-corrected chi connectivity index (χ2v) is 2.97. The summed E-state index contributed by atoms with van der Waals surface area (Å²) in [6.07, 6.45) is 2.53. The summed E-state index contributed by atoms with van der Waals surface area (Å²) in [5.41, 5.74) is 2.19. The minimum atomic E-state index is 0.496. The Balaban J connectivity index is 3.37. The number of benzene rings is 1. The number of ether oxygens (including phenoxy) is 1. The average Bonchev–Trinajstić information content (AvgIpc) is 2.18. The third kappa shape index (κ3) is 2.46. The molecule has 0 fully saturated rings. The zero-order valence-corrected chi connectivity index (χ0v) is 8.51. The largest absolute Gasteiger partial charge is 0.495 e. The fraction of sp³-hybridized carbons (Fsp3) is 0.200. The number of nitrogens with zero attached hydrogens (tertiary/aromatic N) is 2. The van der Waals surface area contributed by atoms with Gasteiger partial charge in [-0.15, -0.1) is 0 Å². The lowest BCUT2D eigenvalue weighted by Crippen LogP contribution is -1.98. The molecule has 0 unspecified atom stereocenters. The van der Waals surface area contributed by atoms with Crippen LogP contribution in [0.25, 0.3) is 0 Å². The summed E-state index contributed by atoms with van der Waals surface area (Å²) in [5, 5.41) is 22.9. The molecule has 0 heterocycles. The fourth-order valence-electron chi connectivity index (χ4n) is 1.38. The molecule has 80 valence electrons. The zero-order chi connectivity index (χ0) is 11.3. The van der Waals surface area contributed by atoms with Gasteiger partial charge in [0.1, 0.15) is 5.75 Å². The van der Waals surface area contributed by atoms with Crippen molar-refractivity contribution in [2.45, 2.75) is 6.92 Å². The van der Waals surface area contributed by atoms with Gasteiger partial charge in [0.15, 0.2) is 0 Å². The second-order valence-electron chi connectivity index (χ2n) is 2.97. The summed E-state index contributed by atoms with van der Waals surface area (Å²) in [7, 11) is 1.49. The molecule has 0 aliphatic rings. The summed E-state index contributed by atoms with van der Waals surface area (Å²) >= 11 is 0. The highest BCUT2D eigenvalue weighted by molar-refractivity contribution is 5.92. The highest BCUT2D eigenvalue weighted by Gasteiger charge is 2.07. The maximum Gasteiger partial charge on any atom is 0.136 e. The molecule has 15 heavy (non-hydrogen) atoms. The second kappa shape index (κ2) is 4.99. The van der Waals surface area contributed by atoms with Crippen molar-refractivity contribution < 1.29 is 15.2 Å². The van der Waals surface area contributed by atoms with Crippen molar-refractivity contribution in [1.82, 2.24) is 0 Å². The molecular formula is C10H12N2O3. The highest BCUT2D eigenvalue weighted by Crippen LogP contribution is 2.23. The standard InChI is InChI=1S/C10H12N2O3/c1-7-3-8(5-11-13)10(15-2)9(4-7)6-12-14/h3-6,13-14H,1-2H3. The molecule has 2 N–H and O–H groups in total. The van der Waals surface area contributed by atoms with E-state index in [2.05, 4.69) is 10.3 Å². The molecule has 0 saturated heterocycles. The maximum atomic E-state index is 8.48. The topological polar surface area (TPSA) is 74.4 Å². The van der Waals surface area contributed by atoms with E-state index in [9.17, 15) is 0 Å². The van der Waals surface area contributed by atoms with Crippen LogP contribution in [-0.2, 0) is 0 Å². The van der Waals surface area contributed by atoms with E-state index in [0.29, 0.717) is 16.9 Å². The molecule has 1 aromatic rings. The Labute approximate surface area is 87.3 Å². The predicted molar refractivity (Wildman–Crippen MR) is 56.5 cm³/mol. The summed E-state index contributed by atoms with van der Waals surface area (Å²) in [4.78, 5) is 0. The summed E-state index contributed by atoms with van der Waals surface area (Å²) in [6.45, 7) is 1.88. The van der Waals surface area contributed by atoms with E-state index in [1.165, 1.54) is 19.5 Å². The molecule has 0 atom stereocenters. The normalized spacial score (nSPS) is 11.3. The van der Waals surface area contributed by atoms with Crippen LogP contribution in [0.2, 0.25) is 0 Å². The number of rotatable bonds is 3. The van der Waals surface area contributed by atoms with Gasteiger partial charge in [-0.1, -0.05) is 10.3 Å². The van der Waals surface area contributed by atoms with Gasteiger partial charge >= 0.3 is 0 Å². The number of methoxy groups -OCH3 is 1. The quantitative estimate of drug-likeness (QED) is 0.450. The number of oxime groups is 2. The molecule has 0 aromatic heterocycles. The predicted octanol–water partition coefficient (Wildman–Crippen LogP) is 1.62. The average molecular weight is 208 g/mol. The third-order valence-electron chi connectivity index (χ3n) is 1.89. The lowest BCUT2D eigenvalue weighted by Gasteiger charge is -2.08. The Morgan fingerprint density at radius 1 is 1.13 bits per heavy atom. The van der Waals surface area contributed by atoms with Gasteiger partial charge < -0.3 is 15.2 Å². The minimum Gasteiger partial charge on any atom is -0.495 e. The van der Waals surface area contributed by atoms with Crippen molar-refractivity contribution in [3.05, 3.63) is 28.8 Å². The summed E-state index contributed by atoms with van der Waals surface area (Å²) < 4.78 is 5.13. The van der Waals surface area contributed by atoms with Gasteiger partial charge in [-0.3, -0.25) is 0 Å². The Kier molecular flexibility index (Phi) is 3.68. The van der Waals surface area contributed by atoms with Gasteiger partial charge in [0.25, 0.3) is 0 Å². The molecule has 1 aromatic carbocycles. The van der Waals surface area contributed by atoms with E-state index in [4.69, 9.17) is 15.2 Å². The molecule has 0 spiro atoms. The monoisotopic (exact) mass is 208 g/mol. The minimum absolute atomic E-state index is 0.496. The van der Waals surface area contributed by atoms with Crippen LogP contribution in [0.4, 0.5) is 0 Å². The van der Waals surface area contributed by atoms with Crippen LogP contribution < -0.4 is 4.74 Å². The van der Waals surface area contributed by atoms with Crippen LogP contribution in [0.1, 0.15) is 16.7 Å². The smallest absolute Gasteiger partial charge is 0.136 e. The van der Waals surface area contributed by atoms with Crippen molar-refractivity contribution >= 4 is 12.4 Å². The Morgan fingerprint density at radius 3 is 1.93 bits per heavy atom. The summed E-state index contributed by atoms with van der Waals surface area (Å²) in [6, 6.07) is 3.60. The molecule has 1 rings (SSSR count). The number of hydrogen-bond donors (Lipinski definition) is 2. The maximum absolute atomic E-state index is 8.48.